The molecule has 0 radical (unpaired) electrons. The number of hydrogen-bond donors (Lipinski definition) is 1. The van der Waals surface area contributed by atoms with Crippen LogP contribution in [0.5, 0.6) is 0 Å². The van der Waals surface area contributed by atoms with Crippen LogP contribution in [0.3, 0.4) is 0 Å². The number of thiol groups is 1. The summed E-state index contributed by atoms with van der Waals surface area (Å²) in [6, 6.07) is 10.2. The summed E-state index contributed by atoms with van der Waals surface area (Å²) in [6.45, 7) is 4.43. The maximum Gasteiger partial charge on any atom is 0.364 e. The van der Waals surface area contributed by atoms with Crippen LogP contribution in [0.25, 0.3) is 0 Å². The van der Waals surface area contributed by atoms with Gasteiger partial charge in [-0.05, 0) is 18.4 Å². The smallest absolute Gasteiger partial charge is 0.364 e. The van der Waals surface area contributed by atoms with E-state index >= 15 is 0 Å². The molecule has 0 amide bonds. The fourth-order valence-electron chi connectivity index (χ4n) is 2.84. The van der Waals surface area contributed by atoms with Crippen LogP contribution in [0.1, 0.15) is 38.7 Å². The van der Waals surface area contributed by atoms with Crippen molar-refractivity contribution in [2.24, 2.45) is 0 Å². The van der Waals surface area contributed by atoms with Crippen molar-refractivity contribution in [2.45, 2.75) is 57.5 Å². The molecule has 2 atom stereocenters. The summed E-state index contributed by atoms with van der Waals surface area (Å²) in [4.78, 5) is 10.8. The van der Waals surface area contributed by atoms with E-state index in [-0.39, 0.29) is 12.2 Å². The summed E-state index contributed by atoms with van der Waals surface area (Å²) in [6.07, 6.45) is 2.91. The first-order chi connectivity index (χ1) is 10.6. The summed E-state index contributed by atoms with van der Waals surface area (Å²) in [5, 5.41) is -0.559. The highest BCUT2D eigenvalue weighted by atomic mass is 32.1. The highest BCUT2D eigenvalue weighted by Gasteiger charge is 2.44. The Kier molecular flexibility index (Phi) is 6.29. The third-order valence-corrected chi connectivity index (χ3v) is 4.26. The molecule has 2 unspecified atom stereocenters. The van der Waals surface area contributed by atoms with Gasteiger partial charge in [-0.1, -0.05) is 56.8 Å². The van der Waals surface area contributed by atoms with Gasteiger partial charge < -0.3 is 14.2 Å². The quantitative estimate of drug-likeness (QED) is 0.608. The van der Waals surface area contributed by atoms with Crippen LogP contribution in [0, 0.1) is 0 Å². The van der Waals surface area contributed by atoms with Crippen LogP contribution < -0.4 is 0 Å². The van der Waals surface area contributed by atoms with E-state index < -0.39 is 11.1 Å². The first-order valence-corrected chi connectivity index (χ1v) is 8.28. The van der Waals surface area contributed by atoms with Crippen LogP contribution in [0.15, 0.2) is 30.3 Å². The van der Waals surface area contributed by atoms with Gasteiger partial charge in [-0.2, -0.15) is 0 Å². The molecule has 0 aliphatic carbocycles. The summed E-state index contributed by atoms with van der Waals surface area (Å²) in [5.41, 5.74) is 1.22. The molecule has 122 valence electrons. The molecule has 0 aromatic heterocycles. The van der Waals surface area contributed by atoms with E-state index in [0.29, 0.717) is 13.0 Å². The molecule has 1 heterocycles. The summed E-state index contributed by atoms with van der Waals surface area (Å²) < 4.78 is 17.3. The Hall–Kier alpha value is -1.04. The lowest BCUT2D eigenvalue weighted by molar-refractivity contribution is -0.179. The van der Waals surface area contributed by atoms with Gasteiger partial charge in [-0.15, -0.1) is 0 Å². The van der Waals surface area contributed by atoms with Gasteiger partial charge in [0.1, 0.15) is 0 Å². The third kappa shape index (κ3) is 4.48. The first-order valence-electron chi connectivity index (χ1n) is 7.84. The molecule has 1 aliphatic rings. The van der Waals surface area contributed by atoms with E-state index in [4.69, 9.17) is 14.2 Å². The largest absolute Gasteiger partial charge is 0.458 e. The second kappa shape index (κ2) is 7.99. The van der Waals surface area contributed by atoms with E-state index in [1.54, 1.807) is 0 Å². The normalized spacial score (nSPS) is 23.4. The van der Waals surface area contributed by atoms with Gasteiger partial charge in [0.15, 0.2) is 5.79 Å². The van der Waals surface area contributed by atoms with Crippen molar-refractivity contribution in [1.29, 1.82) is 0 Å². The molecular weight excluding hydrogens is 300 g/mol. The molecule has 0 saturated carbocycles. The Labute approximate surface area is 137 Å². The molecule has 1 aromatic carbocycles. The maximum atomic E-state index is 10.8. The fourth-order valence-corrected chi connectivity index (χ4v) is 2.93. The molecule has 22 heavy (non-hydrogen) atoms. The van der Waals surface area contributed by atoms with Gasteiger partial charge in [-0.3, -0.25) is 0 Å². The number of carbonyl (C=O) groups is 1. The average molecular weight is 324 g/mol. The van der Waals surface area contributed by atoms with Gasteiger partial charge >= 0.3 is 5.30 Å². The summed E-state index contributed by atoms with van der Waals surface area (Å²) >= 11 is 3.62. The van der Waals surface area contributed by atoms with Gasteiger partial charge in [0, 0.05) is 12.8 Å². The zero-order valence-electron chi connectivity index (χ0n) is 13.2. The van der Waals surface area contributed by atoms with Crippen molar-refractivity contribution >= 4 is 17.9 Å². The lowest BCUT2D eigenvalue weighted by atomic mass is 10.0. The minimum atomic E-state index is -0.559. The van der Waals surface area contributed by atoms with Gasteiger partial charge in [0.25, 0.3) is 0 Å². The molecule has 0 spiro atoms. The molecule has 0 bridgehead atoms. The van der Waals surface area contributed by atoms with E-state index in [9.17, 15) is 4.79 Å². The van der Waals surface area contributed by atoms with Gasteiger partial charge in [0.05, 0.1) is 18.8 Å². The molecule has 1 aliphatic heterocycles. The van der Waals surface area contributed by atoms with Gasteiger partial charge in [-0.25, -0.2) is 4.79 Å². The van der Waals surface area contributed by atoms with E-state index in [1.165, 1.54) is 5.56 Å². The molecule has 4 nitrogen and oxygen atoms in total. The highest BCUT2D eigenvalue weighted by molar-refractivity contribution is 7.96. The summed E-state index contributed by atoms with van der Waals surface area (Å²) in [5.74, 6) is -0.519. The minimum absolute atomic E-state index is 0.0269. The average Bonchev–Trinajstić information content (AvgIpc) is 2.87. The first kappa shape index (κ1) is 17.3. The lowest BCUT2D eigenvalue weighted by Crippen LogP contribution is -2.29. The molecule has 2 rings (SSSR count). The number of rotatable bonds is 7. The molecule has 1 fully saturated rings. The van der Waals surface area contributed by atoms with Crippen molar-refractivity contribution < 1.29 is 19.0 Å². The Bertz CT molecular complexity index is 473. The van der Waals surface area contributed by atoms with Crippen molar-refractivity contribution in [3.63, 3.8) is 0 Å². The SMILES string of the molecule is CCC1(CC)OC(CCOC(=O)S)C(Cc2ccccc2)O1. The Morgan fingerprint density at radius 1 is 1.18 bits per heavy atom. The zero-order valence-corrected chi connectivity index (χ0v) is 14.1. The molecule has 1 saturated heterocycles. The molecule has 1 aromatic rings. The zero-order chi connectivity index (χ0) is 16.0. The second-order valence-corrected chi connectivity index (χ2v) is 5.89. The fraction of sp³-hybridized carbons (Fsp3) is 0.588. The van der Waals surface area contributed by atoms with Gasteiger partial charge in [0.2, 0.25) is 0 Å². The monoisotopic (exact) mass is 324 g/mol. The Morgan fingerprint density at radius 2 is 1.82 bits per heavy atom. The number of benzene rings is 1. The van der Waals surface area contributed by atoms with Crippen LogP contribution in [0.2, 0.25) is 0 Å². The standard InChI is InChI=1S/C17H24O4S/c1-3-17(4-2)20-14(10-11-19-16(18)22)15(21-17)12-13-8-6-5-7-9-13/h5-9,14-15H,3-4,10-12H2,1-2H3,(H,18,22). The number of hydrogen-bond acceptors (Lipinski definition) is 4. The van der Waals surface area contributed by atoms with Crippen molar-refractivity contribution in [3.05, 3.63) is 35.9 Å². The lowest BCUT2D eigenvalue weighted by Gasteiger charge is -2.25. The van der Waals surface area contributed by atoms with Crippen molar-refractivity contribution in [2.75, 3.05) is 6.61 Å². The van der Waals surface area contributed by atoms with Crippen LogP contribution in [-0.2, 0) is 20.6 Å². The second-order valence-electron chi connectivity index (χ2n) is 5.52. The minimum Gasteiger partial charge on any atom is -0.458 e. The third-order valence-electron chi connectivity index (χ3n) is 4.13. The van der Waals surface area contributed by atoms with Crippen molar-refractivity contribution in [3.8, 4) is 0 Å². The van der Waals surface area contributed by atoms with Crippen LogP contribution in [0.4, 0.5) is 4.79 Å². The molecule has 5 heteroatoms. The predicted octanol–water partition coefficient (Wildman–Crippen LogP) is 3.99. The predicted molar refractivity (Wildman–Crippen MR) is 88.2 cm³/mol. The Morgan fingerprint density at radius 3 is 2.41 bits per heavy atom. The number of ether oxygens (including phenoxy) is 3. The van der Waals surface area contributed by atoms with Crippen molar-refractivity contribution in [1.82, 2.24) is 0 Å². The highest BCUT2D eigenvalue weighted by Crippen LogP contribution is 2.37. The van der Waals surface area contributed by atoms with Crippen LogP contribution >= 0.6 is 12.6 Å². The topological polar surface area (TPSA) is 44.8 Å². The van der Waals surface area contributed by atoms with Crippen LogP contribution in [-0.4, -0.2) is 29.9 Å². The molecule has 0 N–H and O–H groups in total. The van der Waals surface area contributed by atoms with E-state index in [0.717, 1.165) is 19.3 Å². The van der Waals surface area contributed by atoms with E-state index in [1.807, 2.05) is 18.2 Å². The maximum absolute atomic E-state index is 10.8. The summed E-state index contributed by atoms with van der Waals surface area (Å²) in [7, 11) is 0. The number of carbonyl (C=O) groups excluding carboxylic acids is 1. The Balaban J connectivity index is 2.03. The van der Waals surface area contributed by atoms with E-state index in [2.05, 4.69) is 38.6 Å². The molecular formula is C17H24O4S.